The van der Waals surface area contributed by atoms with Gasteiger partial charge >= 0.3 is 0 Å². The molecule has 4 rings (SSSR count). The van der Waals surface area contributed by atoms with Gasteiger partial charge in [-0.3, -0.25) is 9.89 Å². The SMILES string of the molecule is Nc1n[nH]c(-c2ccc(F)cc2)c1-c1nc2ccccc2c(=O)[nH]1. The summed E-state index contributed by atoms with van der Waals surface area (Å²) >= 11 is 0. The Morgan fingerprint density at radius 2 is 1.79 bits per heavy atom. The standard InChI is InChI=1S/C17H12FN5O/c18-10-7-5-9(6-8-10)14-13(15(19)23-22-14)16-20-12-4-2-1-3-11(12)17(24)21-16/h1-8H,(H3,19,22,23)(H,20,21,24). The van der Waals surface area contributed by atoms with Crippen LogP contribution in [0.4, 0.5) is 10.2 Å². The van der Waals surface area contributed by atoms with Crippen molar-refractivity contribution < 1.29 is 4.39 Å². The first-order valence-electron chi connectivity index (χ1n) is 7.22. The molecule has 0 aliphatic heterocycles. The second-order valence-corrected chi connectivity index (χ2v) is 5.30. The summed E-state index contributed by atoms with van der Waals surface area (Å²) in [5, 5.41) is 7.31. The summed E-state index contributed by atoms with van der Waals surface area (Å²) in [6, 6.07) is 12.9. The highest BCUT2D eigenvalue weighted by Gasteiger charge is 2.18. The molecule has 2 aromatic carbocycles. The molecule has 0 spiro atoms. The van der Waals surface area contributed by atoms with Crippen molar-refractivity contribution in [1.82, 2.24) is 20.2 Å². The van der Waals surface area contributed by atoms with Crippen molar-refractivity contribution in [2.24, 2.45) is 0 Å². The van der Waals surface area contributed by atoms with Gasteiger partial charge in [-0.2, -0.15) is 5.10 Å². The number of nitrogens with zero attached hydrogens (tertiary/aromatic N) is 2. The molecule has 118 valence electrons. The molecule has 0 bridgehead atoms. The molecule has 4 aromatic rings. The van der Waals surface area contributed by atoms with Gasteiger partial charge in [0.05, 0.1) is 22.2 Å². The van der Waals surface area contributed by atoms with Gasteiger partial charge < -0.3 is 10.7 Å². The molecule has 4 N–H and O–H groups in total. The molecular weight excluding hydrogens is 309 g/mol. The van der Waals surface area contributed by atoms with Crippen LogP contribution in [-0.4, -0.2) is 20.2 Å². The maximum Gasteiger partial charge on any atom is 0.259 e. The largest absolute Gasteiger partial charge is 0.382 e. The van der Waals surface area contributed by atoms with E-state index in [4.69, 9.17) is 5.73 Å². The number of hydrogen-bond acceptors (Lipinski definition) is 4. The summed E-state index contributed by atoms with van der Waals surface area (Å²) in [6.07, 6.45) is 0. The normalized spacial score (nSPS) is 11.0. The molecule has 0 aliphatic rings. The maximum atomic E-state index is 13.1. The molecule has 0 amide bonds. The van der Waals surface area contributed by atoms with Gasteiger partial charge in [0.15, 0.2) is 5.82 Å². The molecule has 0 radical (unpaired) electrons. The third-order valence-corrected chi connectivity index (χ3v) is 3.78. The van der Waals surface area contributed by atoms with Crippen molar-refractivity contribution >= 4 is 16.7 Å². The van der Waals surface area contributed by atoms with Crippen LogP contribution in [0.2, 0.25) is 0 Å². The predicted molar refractivity (Wildman–Crippen MR) is 89.8 cm³/mol. The van der Waals surface area contributed by atoms with Crippen LogP contribution >= 0.6 is 0 Å². The molecule has 2 aromatic heterocycles. The first-order chi connectivity index (χ1) is 11.6. The van der Waals surface area contributed by atoms with Crippen LogP contribution < -0.4 is 11.3 Å². The highest BCUT2D eigenvalue weighted by Crippen LogP contribution is 2.32. The number of nitrogens with one attached hydrogen (secondary N) is 2. The lowest BCUT2D eigenvalue weighted by molar-refractivity contribution is 0.628. The number of rotatable bonds is 2. The quantitative estimate of drug-likeness (QED) is 0.528. The van der Waals surface area contributed by atoms with Gasteiger partial charge in [-0.25, -0.2) is 9.37 Å². The van der Waals surface area contributed by atoms with E-state index in [9.17, 15) is 9.18 Å². The minimum atomic E-state index is -0.343. The molecule has 6 nitrogen and oxygen atoms in total. The Bertz CT molecular complexity index is 1100. The zero-order chi connectivity index (χ0) is 16.7. The molecule has 0 unspecified atom stereocenters. The molecule has 2 heterocycles. The van der Waals surface area contributed by atoms with Gasteiger partial charge in [0.2, 0.25) is 0 Å². The molecular formula is C17H12FN5O. The summed E-state index contributed by atoms with van der Waals surface area (Å²) in [5.74, 6) is 0.169. The summed E-state index contributed by atoms with van der Waals surface area (Å²) in [4.78, 5) is 19.5. The highest BCUT2D eigenvalue weighted by molar-refractivity contribution is 5.87. The zero-order valence-electron chi connectivity index (χ0n) is 12.4. The van der Waals surface area contributed by atoms with Crippen molar-refractivity contribution in [2.75, 3.05) is 5.73 Å². The Hall–Kier alpha value is -3.48. The number of hydrogen-bond donors (Lipinski definition) is 3. The third-order valence-electron chi connectivity index (χ3n) is 3.78. The molecule has 0 atom stereocenters. The van der Waals surface area contributed by atoms with Crippen LogP contribution in [0.3, 0.4) is 0 Å². The lowest BCUT2D eigenvalue weighted by atomic mass is 10.1. The third kappa shape index (κ3) is 2.23. The van der Waals surface area contributed by atoms with E-state index in [-0.39, 0.29) is 17.2 Å². The number of anilines is 1. The van der Waals surface area contributed by atoms with Crippen molar-refractivity contribution in [1.29, 1.82) is 0 Å². The van der Waals surface area contributed by atoms with Crippen molar-refractivity contribution in [3.05, 3.63) is 64.7 Å². The van der Waals surface area contributed by atoms with E-state index in [1.165, 1.54) is 12.1 Å². The van der Waals surface area contributed by atoms with Gasteiger partial charge in [-0.1, -0.05) is 12.1 Å². The van der Waals surface area contributed by atoms with Crippen molar-refractivity contribution in [2.45, 2.75) is 0 Å². The number of nitrogen functional groups attached to an aromatic ring is 1. The van der Waals surface area contributed by atoms with E-state index in [1.807, 2.05) is 0 Å². The molecule has 24 heavy (non-hydrogen) atoms. The first-order valence-corrected chi connectivity index (χ1v) is 7.22. The zero-order valence-corrected chi connectivity index (χ0v) is 12.4. The van der Waals surface area contributed by atoms with E-state index in [0.717, 1.165) is 0 Å². The Balaban J connectivity index is 1.96. The maximum absolute atomic E-state index is 13.1. The Morgan fingerprint density at radius 3 is 2.58 bits per heavy atom. The van der Waals surface area contributed by atoms with Crippen LogP contribution in [0.15, 0.2) is 53.3 Å². The fraction of sp³-hybridized carbons (Fsp3) is 0. The van der Waals surface area contributed by atoms with Crippen molar-refractivity contribution in [3.8, 4) is 22.6 Å². The van der Waals surface area contributed by atoms with Gasteiger partial charge in [0.25, 0.3) is 5.56 Å². The summed E-state index contributed by atoms with van der Waals surface area (Å²) < 4.78 is 13.1. The number of halogens is 1. The fourth-order valence-corrected chi connectivity index (χ4v) is 2.63. The first kappa shape index (κ1) is 14.1. The van der Waals surface area contributed by atoms with Crippen LogP contribution in [0.5, 0.6) is 0 Å². The second kappa shape index (κ2) is 5.31. The minimum absolute atomic E-state index is 0.202. The van der Waals surface area contributed by atoms with Gasteiger partial charge in [0.1, 0.15) is 11.6 Å². The number of benzene rings is 2. The molecule has 0 saturated heterocycles. The van der Waals surface area contributed by atoms with E-state index < -0.39 is 0 Å². The molecule has 7 heteroatoms. The predicted octanol–water partition coefficient (Wildman–Crippen LogP) is 2.70. The Morgan fingerprint density at radius 1 is 1.04 bits per heavy atom. The second-order valence-electron chi connectivity index (χ2n) is 5.30. The molecule has 0 fully saturated rings. The monoisotopic (exact) mass is 321 g/mol. The lowest BCUT2D eigenvalue weighted by Crippen LogP contribution is -2.10. The number of H-pyrrole nitrogens is 2. The number of para-hydroxylation sites is 1. The summed E-state index contributed by atoms with van der Waals surface area (Å²) in [7, 11) is 0. The number of fused-ring (bicyclic) bond motifs is 1. The van der Waals surface area contributed by atoms with E-state index >= 15 is 0 Å². The minimum Gasteiger partial charge on any atom is -0.382 e. The number of aromatic amines is 2. The number of nitrogens with two attached hydrogens (primary N) is 1. The Kier molecular flexibility index (Phi) is 3.13. The topological polar surface area (TPSA) is 100 Å². The average molecular weight is 321 g/mol. The summed E-state index contributed by atoms with van der Waals surface area (Å²) in [5.41, 5.74) is 7.97. The summed E-state index contributed by atoms with van der Waals surface area (Å²) in [6.45, 7) is 0. The van der Waals surface area contributed by atoms with Crippen LogP contribution in [0.1, 0.15) is 0 Å². The van der Waals surface area contributed by atoms with Crippen LogP contribution in [0.25, 0.3) is 33.5 Å². The smallest absolute Gasteiger partial charge is 0.259 e. The Labute approximate surface area is 135 Å². The molecule has 0 saturated carbocycles. The highest BCUT2D eigenvalue weighted by atomic mass is 19.1. The van der Waals surface area contributed by atoms with Gasteiger partial charge in [-0.05, 0) is 36.4 Å². The fourth-order valence-electron chi connectivity index (χ4n) is 2.63. The van der Waals surface area contributed by atoms with Gasteiger partial charge in [-0.15, -0.1) is 0 Å². The van der Waals surface area contributed by atoms with Gasteiger partial charge in [0, 0.05) is 5.56 Å². The van der Waals surface area contributed by atoms with Crippen molar-refractivity contribution in [3.63, 3.8) is 0 Å². The molecule has 0 aliphatic carbocycles. The average Bonchev–Trinajstić information content (AvgIpc) is 2.97. The van der Waals surface area contributed by atoms with E-state index in [0.29, 0.717) is 33.5 Å². The van der Waals surface area contributed by atoms with Crippen LogP contribution in [-0.2, 0) is 0 Å². The van der Waals surface area contributed by atoms with E-state index in [2.05, 4.69) is 20.2 Å². The van der Waals surface area contributed by atoms with E-state index in [1.54, 1.807) is 36.4 Å². The van der Waals surface area contributed by atoms with Crippen LogP contribution in [0, 0.1) is 5.82 Å². The number of aromatic nitrogens is 4. The lowest BCUT2D eigenvalue weighted by Gasteiger charge is -2.05.